The minimum absolute atomic E-state index is 0.0563. The summed E-state index contributed by atoms with van der Waals surface area (Å²) in [6, 6.07) is 8.02. The molecule has 15 heavy (non-hydrogen) atoms. The molecule has 1 N–H and O–H groups in total. The fourth-order valence-corrected chi connectivity index (χ4v) is 1.97. The number of nitrogens with one attached hydrogen (secondary N) is 1. The molecule has 0 unspecified atom stereocenters. The number of aryl methyl sites for hydroxylation is 1. The standard InChI is InChI=1S/C12H10N2O/c1-7-2-3-8-4-5-9-6-10(15)14-12(9)11(8)13-7/h2-5H,6H2,1H3,(H,14,15). The van der Waals surface area contributed by atoms with Crippen molar-refractivity contribution in [3.63, 3.8) is 0 Å². The first kappa shape index (κ1) is 8.41. The first-order valence-electron chi connectivity index (χ1n) is 4.93. The Kier molecular flexibility index (Phi) is 1.57. The molecular weight excluding hydrogens is 188 g/mol. The topological polar surface area (TPSA) is 42.0 Å². The van der Waals surface area contributed by atoms with Crippen LogP contribution in [0.15, 0.2) is 24.3 Å². The van der Waals surface area contributed by atoms with Gasteiger partial charge in [-0.05, 0) is 18.6 Å². The molecule has 2 heterocycles. The van der Waals surface area contributed by atoms with E-state index in [2.05, 4.69) is 10.3 Å². The van der Waals surface area contributed by atoms with Crippen LogP contribution in [0, 0.1) is 6.92 Å². The number of pyridine rings is 1. The van der Waals surface area contributed by atoms with Crippen molar-refractivity contribution in [1.82, 2.24) is 4.98 Å². The third-order valence-electron chi connectivity index (χ3n) is 2.70. The Morgan fingerprint density at radius 1 is 1.27 bits per heavy atom. The lowest BCUT2D eigenvalue weighted by atomic mass is 10.1. The van der Waals surface area contributed by atoms with E-state index in [4.69, 9.17) is 0 Å². The van der Waals surface area contributed by atoms with Gasteiger partial charge in [0.25, 0.3) is 0 Å². The van der Waals surface area contributed by atoms with Crippen molar-refractivity contribution in [3.05, 3.63) is 35.5 Å². The van der Waals surface area contributed by atoms with E-state index >= 15 is 0 Å². The molecule has 3 heteroatoms. The fraction of sp³-hybridized carbons (Fsp3) is 0.167. The molecule has 0 atom stereocenters. The van der Waals surface area contributed by atoms with Crippen LogP contribution in [0.4, 0.5) is 5.69 Å². The number of nitrogens with zero attached hydrogens (tertiary/aromatic N) is 1. The first-order valence-corrected chi connectivity index (χ1v) is 4.93. The average Bonchev–Trinajstić information content (AvgIpc) is 2.58. The van der Waals surface area contributed by atoms with Gasteiger partial charge in [-0.3, -0.25) is 9.78 Å². The Bertz CT molecular complexity index is 575. The first-order chi connectivity index (χ1) is 7.24. The van der Waals surface area contributed by atoms with Gasteiger partial charge in [0.2, 0.25) is 5.91 Å². The number of hydrogen-bond donors (Lipinski definition) is 1. The number of aromatic nitrogens is 1. The molecule has 3 rings (SSSR count). The number of amides is 1. The summed E-state index contributed by atoms with van der Waals surface area (Å²) in [5, 5.41) is 3.94. The van der Waals surface area contributed by atoms with Gasteiger partial charge in [-0.2, -0.15) is 0 Å². The van der Waals surface area contributed by atoms with Gasteiger partial charge in [-0.25, -0.2) is 0 Å². The Morgan fingerprint density at radius 2 is 2.07 bits per heavy atom. The van der Waals surface area contributed by atoms with Gasteiger partial charge in [0.1, 0.15) is 0 Å². The Morgan fingerprint density at radius 3 is 2.93 bits per heavy atom. The van der Waals surface area contributed by atoms with Crippen LogP contribution in [0.1, 0.15) is 11.3 Å². The number of carbonyl (C=O) groups excluding carboxylic acids is 1. The number of anilines is 1. The molecule has 0 fully saturated rings. The largest absolute Gasteiger partial charge is 0.324 e. The molecule has 0 bridgehead atoms. The number of benzene rings is 1. The zero-order chi connectivity index (χ0) is 10.4. The van der Waals surface area contributed by atoms with Gasteiger partial charge in [0.05, 0.1) is 17.6 Å². The van der Waals surface area contributed by atoms with Crippen LogP contribution in [-0.2, 0) is 11.2 Å². The van der Waals surface area contributed by atoms with Crippen molar-refractivity contribution >= 4 is 22.5 Å². The second-order valence-electron chi connectivity index (χ2n) is 3.85. The molecule has 0 spiro atoms. The Hall–Kier alpha value is -1.90. The van der Waals surface area contributed by atoms with E-state index in [-0.39, 0.29) is 5.91 Å². The van der Waals surface area contributed by atoms with Gasteiger partial charge in [0.15, 0.2) is 0 Å². The van der Waals surface area contributed by atoms with Crippen LogP contribution in [0.3, 0.4) is 0 Å². The molecule has 3 nitrogen and oxygen atoms in total. The Balaban J connectivity index is 2.38. The lowest BCUT2D eigenvalue weighted by Gasteiger charge is -2.04. The van der Waals surface area contributed by atoms with Gasteiger partial charge in [0, 0.05) is 11.1 Å². The molecular formula is C12H10N2O. The summed E-state index contributed by atoms with van der Waals surface area (Å²) in [6.45, 7) is 1.95. The zero-order valence-corrected chi connectivity index (χ0v) is 8.37. The van der Waals surface area contributed by atoms with E-state index in [0.29, 0.717) is 6.42 Å². The predicted molar refractivity (Wildman–Crippen MR) is 58.8 cm³/mol. The highest BCUT2D eigenvalue weighted by atomic mass is 16.1. The minimum Gasteiger partial charge on any atom is -0.324 e. The van der Waals surface area contributed by atoms with Crippen molar-refractivity contribution in [2.45, 2.75) is 13.3 Å². The van der Waals surface area contributed by atoms with E-state index in [1.165, 1.54) is 0 Å². The molecule has 1 aliphatic heterocycles. The van der Waals surface area contributed by atoms with Gasteiger partial charge in [-0.1, -0.05) is 18.2 Å². The SMILES string of the molecule is Cc1ccc2ccc3c(c2n1)NC(=O)C3. The van der Waals surface area contributed by atoms with Gasteiger partial charge < -0.3 is 5.32 Å². The third-order valence-corrected chi connectivity index (χ3v) is 2.70. The zero-order valence-electron chi connectivity index (χ0n) is 8.37. The Labute approximate surface area is 87.1 Å². The van der Waals surface area contributed by atoms with Crippen molar-refractivity contribution in [2.75, 3.05) is 5.32 Å². The summed E-state index contributed by atoms with van der Waals surface area (Å²) in [5.74, 6) is 0.0563. The highest BCUT2D eigenvalue weighted by molar-refractivity contribution is 6.07. The highest BCUT2D eigenvalue weighted by Gasteiger charge is 2.20. The molecule has 0 aliphatic carbocycles. The molecule has 0 saturated carbocycles. The second kappa shape index (κ2) is 2.79. The molecule has 1 aromatic carbocycles. The summed E-state index contributed by atoms with van der Waals surface area (Å²) < 4.78 is 0. The lowest BCUT2D eigenvalue weighted by Crippen LogP contribution is -2.04. The molecule has 2 aromatic rings. The maximum atomic E-state index is 11.3. The predicted octanol–water partition coefficient (Wildman–Crippen LogP) is 2.04. The molecule has 1 aliphatic rings. The fourth-order valence-electron chi connectivity index (χ4n) is 1.97. The van der Waals surface area contributed by atoms with Gasteiger partial charge in [-0.15, -0.1) is 0 Å². The molecule has 0 saturated heterocycles. The number of fused-ring (bicyclic) bond motifs is 3. The third kappa shape index (κ3) is 1.20. The number of hydrogen-bond acceptors (Lipinski definition) is 2. The van der Waals surface area contributed by atoms with Crippen molar-refractivity contribution < 1.29 is 4.79 Å². The van der Waals surface area contributed by atoms with Crippen molar-refractivity contribution in [3.8, 4) is 0 Å². The van der Waals surface area contributed by atoms with Crippen LogP contribution in [0.2, 0.25) is 0 Å². The summed E-state index contributed by atoms with van der Waals surface area (Å²) in [6.07, 6.45) is 0.473. The molecule has 1 amide bonds. The van der Waals surface area contributed by atoms with E-state index < -0.39 is 0 Å². The second-order valence-corrected chi connectivity index (χ2v) is 3.85. The summed E-state index contributed by atoms with van der Waals surface area (Å²) in [7, 11) is 0. The quantitative estimate of drug-likeness (QED) is 0.703. The van der Waals surface area contributed by atoms with Gasteiger partial charge >= 0.3 is 0 Å². The lowest BCUT2D eigenvalue weighted by molar-refractivity contribution is -0.115. The highest BCUT2D eigenvalue weighted by Crippen LogP contribution is 2.30. The van der Waals surface area contributed by atoms with Crippen molar-refractivity contribution in [2.24, 2.45) is 0 Å². The van der Waals surface area contributed by atoms with E-state index in [1.807, 2.05) is 31.2 Å². The number of carbonyl (C=O) groups is 1. The maximum Gasteiger partial charge on any atom is 0.228 e. The summed E-state index contributed by atoms with van der Waals surface area (Å²) in [5.41, 5.74) is 3.81. The van der Waals surface area contributed by atoms with E-state index in [9.17, 15) is 4.79 Å². The van der Waals surface area contributed by atoms with E-state index in [0.717, 1.165) is 27.8 Å². The summed E-state index contributed by atoms with van der Waals surface area (Å²) in [4.78, 5) is 15.8. The van der Waals surface area contributed by atoms with Crippen LogP contribution < -0.4 is 5.32 Å². The molecule has 1 aromatic heterocycles. The van der Waals surface area contributed by atoms with Crippen LogP contribution >= 0.6 is 0 Å². The number of rotatable bonds is 0. The maximum absolute atomic E-state index is 11.3. The molecule has 0 radical (unpaired) electrons. The minimum atomic E-state index is 0.0563. The normalized spacial score (nSPS) is 14.1. The van der Waals surface area contributed by atoms with Crippen LogP contribution in [0.5, 0.6) is 0 Å². The van der Waals surface area contributed by atoms with Crippen LogP contribution in [0.25, 0.3) is 10.9 Å². The monoisotopic (exact) mass is 198 g/mol. The van der Waals surface area contributed by atoms with Crippen LogP contribution in [-0.4, -0.2) is 10.9 Å². The average molecular weight is 198 g/mol. The van der Waals surface area contributed by atoms with E-state index in [1.54, 1.807) is 0 Å². The molecule has 74 valence electrons. The smallest absolute Gasteiger partial charge is 0.228 e. The van der Waals surface area contributed by atoms with Crippen molar-refractivity contribution in [1.29, 1.82) is 0 Å². The summed E-state index contributed by atoms with van der Waals surface area (Å²) >= 11 is 0.